The van der Waals surface area contributed by atoms with Gasteiger partial charge in [0, 0.05) is 11.8 Å². The normalized spacial score (nSPS) is 28.4. The highest BCUT2D eigenvalue weighted by Gasteiger charge is 2.62. The van der Waals surface area contributed by atoms with E-state index in [1.165, 1.54) is 66.8 Å². The summed E-state index contributed by atoms with van der Waals surface area (Å²) < 4.78 is 0. The lowest BCUT2D eigenvalue weighted by molar-refractivity contribution is 0.510. The van der Waals surface area contributed by atoms with Crippen LogP contribution >= 0.6 is 11.8 Å². The van der Waals surface area contributed by atoms with Gasteiger partial charge in [0.05, 0.1) is 10.8 Å². The molecule has 13 rings (SSSR count). The van der Waals surface area contributed by atoms with Crippen LogP contribution in [0.4, 0.5) is 0 Å². The molecule has 2 nitrogen and oxygen atoms in total. The Labute approximate surface area is 266 Å². The van der Waals surface area contributed by atoms with E-state index in [2.05, 4.69) is 146 Å². The minimum absolute atomic E-state index is 0.118. The smallest absolute Gasteiger partial charge is 0.136 e. The van der Waals surface area contributed by atoms with Gasteiger partial charge >= 0.3 is 0 Å². The van der Waals surface area contributed by atoms with E-state index in [1.54, 1.807) is 0 Å². The molecule has 0 saturated carbocycles. The molecule has 6 aromatic rings. The first-order chi connectivity index (χ1) is 22.3. The van der Waals surface area contributed by atoms with Gasteiger partial charge in [-0.3, -0.25) is 0 Å². The van der Waals surface area contributed by atoms with Gasteiger partial charge in [-0.05, 0) is 66.8 Å². The lowest BCUT2D eigenvalue weighted by atomic mass is 9.53. The fraction of sp³-hybridized carbons (Fsp3) is 0.143. The standard InChI is InChI=1S/C42H28N2S/c1-7-19-31-25(13-1)37-26-14-2-8-20-32(26)41(31,33-21-9-3-15-27(33)37)39-43-44-40(45-39)42-34-22-10-4-16-28(34)38(29-17-5-11-23-35(29)42)30-18-6-12-24-36(30)42/h1-24,37-40H/t37?,38?,39-,40-,41?,42?/m0/s1. The second kappa shape index (κ2) is 8.50. The summed E-state index contributed by atoms with van der Waals surface area (Å²) in [4.78, 5) is 0. The molecule has 0 amide bonds. The number of benzene rings is 6. The van der Waals surface area contributed by atoms with Crippen molar-refractivity contribution in [1.82, 2.24) is 0 Å². The van der Waals surface area contributed by atoms with Crippen LogP contribution in [-0.2, 0) is 10.8 Å². The minimum atomic E-state index is -0.428. The number of hydrogen-bond donors (Lipinski definition) is 0. The molecule has 4 bridgehead atoms. The summed E-state index contributed by atoms with van der Waals surface area (Å²) in [6, 6.07) is 54.7. The Hall–Kier alpha value is -4.73. The number of nitrogens with zero attached hydrogens (tertiary/aromatic N) is 2. The van der Waals surface area contributed by atoms with E-state index in [0.717, 1.165) is 0 Å². The average Bonchev–Trinajstić information content (AvgIpc) is 3.62. The van der Waals surface area contributed by atoms with Gasteiger partial charge in [0.15, 0.2) is 0 Å². The number of rotatable bonds is 2. The first kappa shape index (κ1) is 24.6. The van der Waals surface area contributed by atoms with E-state index >= 15 is 0 Å². The summed E-state index contributed by atoms with van der Waals surface area (Å²) in [6.07, 6.45) is 0. The van der Waals surface area contributed by atoms with Crippen LogP contribution in [0, 0.1) is 0 Å². The first-order valence-electron chi connectivity index (χ1n) is 16.0. The molecule has 6 aliphatic carbocycles. The molecular formula is C42H28N2S. The molecule has 3 heteroatoms. The summed E-state index contributed by atoms with van der Waals surface area (Å²) in [7, 11) is 0. The molecule has 0 aromatic heterocycles. The maximum absolute atomic E-state index is 5.40. The van der Waals surface area contributed by atoms with Gasteiger partial charge in [0.1, 0.15) is 10.7 Å². The molecule has 7 aliphatic rings. The van der Waals surface area contributed by atoms with Crippen LogP contribution in [-0.4, -0.2) is 10.7 Å². The van der Waals surface area contributed by atoms with Gasteiger partial charge < -0.3 is 0 Å². The molecule has 212 valence electrons. The number of hydrogen-bond acceptors (Lipinski definition) is 3. The maximum atomic E-state index is 5.40. The Morgan fingerprint density at radius 1 is 0.333 bits per heavy atom. The molecule has 0 unspecified atom stereocenters. The van der Waals surface area contributed by atoms with Crippen LogP contribution in [0.5, 0.6) is 0 Å². The minimum Gasteiger partial charge on any atom is -0.177 e. The van der Waals surface area contributed by atoms with Crippen LogP contribution in [0.25, 0.3) is 0 Å². The monoisotopic (exact) mass is 592 g/mol. The van der Waals surface area contributed by atoms with Crippen LogP contribution in [0.3, 0.4) is 0 Å². The SMILES string of the molecule is c1ccc2c(c1)C1c3ccccc3C2([C@H]2N=N[C@H](C34c5ccccc5C(c5ccccc53)c3ccccc34)S2)c2ccccc21. The van der Waals surface area contributed by atoms with Crippen LogP contribution in [0.15, 0.2) is 156 Å². The Kier molecular flexibility index (Phi) is 4.64. The summed E-state index contributed by atoms with van der Waals surface area (Å²) in [5, 5.41) is 10.6. The Morgan fingerprint density at radius 2 is 0.556 bits per heavy atom. The Bertz CT molecular complexity index is 1880. The van der Waals surface area contributed by atoms with E-state index in [0.29, 0.717) is 0 Å². The maximum Gasteiger partial charge on any atom is 0.136 e. The fourth-order valence-corrected chi connectivity index (χ4v) is 11.6. The summed E-state index contributed by atoms with van der Waals surface area (Å²) in [5.74, 6) is 0.486. The second-order valence-electron chi connectivity index (χ2n) is 13.1. The predicted molar refractivity (Wildman–Crippen MR) is 180 cm³/mol. The van der Waals surface area contributed by atoms with Crippen molar-refractivity contribution in [3.05, 3.63) is 212 Å². The highest BCUT2D eigenvalue weighted by atomic mass is 32.2. The molecule has 0 radical (unpaired) electrons. The zero-order valence-corrected chi connectivity index (χ0v) is 25.3. The zero-order chi connectivity index (χ0) is 29.3. The van der Waals surface area contributed by atoms with E-state index < -0.39 is 10.8 Å². The highest BCUT2D eigenvalue weighted by molar-refractivity contribution is 8.00. The lowest BCUT2D eigenvalue weighted by Crippen LogP contribution is -2.50. The Morgan fingerprint density at radius 3 is 0.800 bits per heavy atom. The van der Waals surface area contributed by atoms with Crippen molar-refractivity contribution < 1.29 is 0 Å². The van der Waals surface area contributed by atoms with Crippen LogP contribution in [0.2, 0.25) is 0 Å². The third-order valence-corrected chi connectivity index (χ3v) is 12.9. The first-order valence-corrected chi connectivity index (χ1v) is 16.9. The van der Waals surface area contributed by atoms with Gasteiger partial charge in [-0.1, -0.05) is 146 Å². The highest BCUT2D eigenvalue weighted by Crippen LogP contribution is 2.67. The van der Waals surface area contributed by atoms with Crippen LogP contribution < -0.4 is 0 Å². The average molecular weight is 593 g/mol. The van der Waals surface area contributed by atoms with Crippen molar-refractivity contribution in [3.8, 4) is 0 Å². The van der Waals surface area contributed by atoms with Crippen LogP contribution in [0.1, 0.15) is 78.6 Å². The molecular weight excluding hydrogens is 565 g/mol. The lowest BCUT2D eigenvalue weighted by Gasteiger charge is -2.53. The third-order valence-electron chi connectivity index (χ3n) is 11.5. The number of azo groups is 1. The summed E-state index contributed by atoms with van der Waals surface area (Å²) >= 11 is 1.97. The fourth-order valence-electron chi connectivity index (χ4n) is 10.00. The molecule has 6 aromatic carbocycles. The second-order valence-corrected chi connectivity index (χ2v) is 14.2. The van der Waals surface area contributed by atoms with Gasteiger partial charge in [0.25, 0.3) is 0 Å². The molecule has 0 fully saturated rings. The topological polar surface area (TPSA) is 24.7 Å². The van der Waals surface area contributed by atoms with Gasteiger partial charge in [-0.15, -0.1) is 11.8 Å². The van der Waals surface area contributed by atoms with Crippen molar-refractivity contribution in [2.75, 3.05) is 0 Å². The van der Waals surface area contributed by atoms with Crippen molar-refractivity contribution >= 4 is 11.8 Å². The molecule has 0 saturated heterocycles. The van der Waals surface area contributed by atoms with Crippen molar-refractivity contribution in [2.45, 2.75) is 33.4 Å². The summed E-state index contributed by atoms with van der Waals surface area (Å²) in [5.41, 5.74) is 15.9. The molecule has 2 atom stereocenters. The van der Waals surface area contributed by atoms with E-state index in [1.807, 2.05) is 11.8 Å². The van der Waals surface area contributed by atoms with Crippen molar-refractivity contribution in [2.24, 2.45) is 10.2 Å². The summed E-state index contributed by atoms with van der Waals surface area (Å²) in [6.45, 7) is 0. The molecule has 0 N–H and O–H groups in total. The van der Waals surface area contributed by atoms with Crippen molar-refractivity contribution in [3.63, 3.8) is 0 Å². The van der Waals surface area contributed by atoms with E-state index in [4.69, 9.17) is 10.2 Å². The largest absolute Gasteiger partial charge is 0.177 e. The molecule has 1 heterocycles. The predicted octanol–water partition coefficient (Wildman–Crippen LogP) is 9.52. The molecule has 45 heavy (non-hydrogen) atoms. The Balaban J connectivity index is 1.18. The molecule has 1 aliphatic heterocycles. The number of thioether (sulfide) groups is 1. The molecule has 0 spiro atoms. The van der Waals surface area contributed by atoms with Gasteiger partial charge in [-0.25, -0.2) is 0 Å². The van der Waals surface area contributed by atoms with Gasteiger partial charge in [0.2, 0.25) is 0 Å². The third kappa shape index (κ3) is 2.69. The van der Waals surface area contributed by atoms with Gasteiger partial charge in [-0.2, -0.15) is 10.2 Å². The van der Waals surface area contributed by atoms with E-state index in [-0.39, 0.29) is 22.6 Å². The quantitative estimate of drug-likeness (QED) is 0.197. The zero-order valence-electron chi connectivity index (χ0n) is 24.5. The van der Waals surface area contributed by atoms with E-state index in [9.17, 15) is 0 Å². The van der Waals surface area contributed by atoms with Crippen molar-refractivity contribution in [1.29, 1.82) is 0 Å².